The van der Waals surface area contributed by atoms with Crippen LogP contribution in [0.1, 0.15) is 18.4 Å². The smallest absolute Gasteiger partial charge is 0.144 e. The van der Waals surface area contributed by atoms with Crippen molar-refractivity contribution in [2.75, 3.05) is 19.7 Å². The third kappa shape index (κ3) is 3.59. The molecule has 2 rings (SSSR count). The maximum absolute atomic E-state index is 13.3. The summed E-state index contributed by atoms with van der Waals surface area (Å²) >= 11 is 0. The average Bonchev–Trinajstić information content (AvgIpc) is 2.37. The Morgan fingerprint density at radius 2 is 2.11 bits per heavy atom. The molecular formula is C13H16ClFN2O. The summed E-state index contributed by atoms with van der Waals surface area (Å²) in [5.74, 6) is 0.326. The van der Waals surface area contributed by atoms with Crippen LogP contribution in [0.2, 0.25) is 0 Å². The minimum absolute atomic E-state index is 0. The Kier molecular flexibility index (Phi) is 5.90. The number of halogens is 2. The van der Waals surface area contributed by atoms with Crippen molar-refractivity contribution in [2.24, 2.45) is 5.92 Å². The minimum atomic E-state index is -0.518. The van der Waals surface area contributed by atoms with Gasteiger partial charge in [-0.3, -0.25) is 0 Å². The molecule has 0 unspecified atom stereocenters. The Hall–Kier alpha value is -1.31. The van der Waals surface area contributed by atoms with Crippen LogP contribution in [-0.4, -0.2) is 19.7 Å². The number of hydrogen-bond donors (Lipinski definition) is 1. The molecule has 0 aromatic heterocycles. The van der Waals surface area contributed by atoms with Crippen molar-refractivity contribution in [2.45, 2.75) is 12.8 Å². The van der Waals surface area contributed by atoms with Gasteiger partial charge in [-0.25, -0.2) is 4.39 Å². The monoisotopic (exact) mass is 270 g/mol. The SMILES string of the molecule is Cl.N#Cc1c(F)cccc1OCC1CCNCC1. The molecule has 1 fully saturated rings. The third-order valence-corrected chi connectivity index (χ3v) is 3.02. The second-order valence-electron chi connectivity index (χ2n) is 4.23. The largest absolute Gasteiger partial charge is 0.492 e. The molecule has 1 aliphatic rings. The van der Waals surface area contributed by atoms with E-state index in [1.165, 1.54) is 6.07 Å². The third-order valence-electron chi connectivity index (χ3n) is 3.02. The van der Waals surface area contributed by atoms with Crippen LogP contribution in [0.25, 0.3) is 0 Å². The summed E-state index contributed by atoms with van der Waals surface area (Å²) in [6.45, 7) is 2.56. The van der Waals surface area contributed by atoms with E-state index in [2.05, 4.69) is 5.32 Å². The molecule has 0 amide bonds. The van der Waals surface area contributed by atoms with E-state index in [1.807, 2.05) is 6.07 Å². The quantitative estimate of drug-likeness (QED) is 0.918. The van der Waals surface area contributed by atoms with Gasteiger partial charge in [0, 0.05) is 0 Å². The molecule has 0 bridgehead atoms. The van der Waals surface area contributed by atoms with E-state index in [0.717, 1.165) is 25.9 Å². The second-order valence-corrected chi connectivity index (χ2v) is 4.23. The molecule has 0 aliphatic carbocycles. The predicted molar refractivity (Wildman–Crippen MR) is 69.5 cm³/mol. The summed E-state index contributed by atoms with van der Waals surface area (Å²) in [4.78, 5) is 0. The van der Waals surface area contributed by atoms with Crippen LogP contribution in [0.15, 0.2) is 18.2 Å². The molecule has 1 saturated heterocycles. The van der Waals surface area contributed by atoms with Crippen molar-refractivity contribution in [3.63, 3.8) is 0 Å². The molecule has 1 aliphatic heterocycles. The molecule has 5 heteroatoms. The highest BCUT2D eigenvalue weighted by molar-refractivity contribution is 5.85. The number of nitrogens with zero attached hydrogens (tertiary/aromatic N) is 1. The lowest BCUT2D eigenvalue weighted by atomic mass is 9.99. The van der Waals surface area contributed by atoms with Gasteiger partial charge < -0.3 is 10.1 Å². The highest BCUT2D eigenvalue weighted by Crippen LogP contribution is 2.22. The van der Waals surface area contributed by atoms with Gasteiger partial charge in [0.15, 0.2) is 0 Å². The van der Waals surface area contributed by atoms with Gasteiger partial charge in [0.1, 0.15) is 23.2 Å². The van der Waals surface area contributed by atoms with Crippen LogP contribution in [-0.2, 0) is 0 Å². The van der Waals surface area contributed by atoms with Crippen molar-refractivity contribution in [1.82, 2.24) is 5.32 Å². The fourth-order valence-corrected chi connectivity index (χ4v) is 1.99. The molecule has 0 spiro atoms. The zero-order chi connectivity index (χ0) is 12.1. The molecule has 1 aromatic rings. The first kappa shape index (κ1) is 14.7. The number of ether oxygens (including phenoxy) is 1. The van der Waals surface area contributed by atoms with Crippen molar-refractivity contribution in [1.29, 1.82) is 5.26 Å². The first-order valence-corrected chi connectivity index (χ1v) is 5.83. The first-order valence-electron chi connectivity index (χ1n) is 5.83. The zero-order valence-corrected chi connectivity index (χ0v) is 10.8. The average molecular weight is 271 g/mol. The van der Waals surface area contributed by atoms with E-state index in [0.29, 0.717) is 18.3 Å². The van der Waals surface area contributed by atoms with Crippen molar-refractivity contribution in [3.05, 3.63) is 29.6 Å². The van der Waals surface area contributed by atoms with Gasteiger partial charge in [-0.15, -0.1) is 12.4 Å². The lowest BCUT2D eigenvalue weighted by Crippen LogP contribution is -2.30. The minimum Gasteiger partial charge on any atom is -0.492 e. The Morgan fingerprint density at radius 3 is 2.78 bits per heavy atom. The summed E-state index contributed by atoms with van der Waals surface area (Å²) in [5.41, 5.74) is 0.00133. The number of benzene rings is 1. The van der Waals surface area contributed by atoms with Crippen LogP contribution < -0.4 is 10.1 Å². The number of hydrogen-bond acceptors (Lipinski definition) is 3. The van der Waals surface area contributed by atoms with Gasteiger partial charge in [-0.05, 0) is 44.0 Å². The van der Waals surface area contributed by atoms with Crippen LogP contribution >= 0.6 is 12.4 Å². The molecule has 3 nitrogen and oxygen atoms in total. The van der Waals surface area contributed by atoms with Gasteiger partial charge >= 0.3 is 0 Å². The second kappa shape index (κ2) is 7.20. The molecule has 98 valence electrons. The Labute approximate surface area is 112 Å². The Morgan fingerprint density at radius 1 is 1.39 bits per heavy atom. The normalized spacial score (nSPS) is 15.6. The van der Waals surface area contributed by atoms with Crippen LogP contribution in [0, 0.1) is 23.1 Å². The first-order chi connectivity index (χ1) is 8.31. The summed E-state index contributed by atoms with van der Waals surface area (Å²) < 4.78 is 18.9. The molecule has 18 heavy (non-hydrogen) atoms. The summed E-state index contributed by atoms with van der Waals surface area (Å²) in [5, 5.41) is 12.1. The fraction of sp³-hybridized carbons (Fsp3) is 0.462. The summed E-state index contributed by atoms with van der Waals surface area (Å²) in [6.07, 6.45) is 2.13. The van der Waals surface area contributed by atoms with Gasteiger partial charge in [-0.1, -0.05) is 6.07 Å². The molecule has 1 aromatic carbocycles. The van der Waals surface area contributed by atoms with Crippen LogP contribution in [0.5, 0.6) is 5.75 Å². The highest BCUT2D eigenvalue weighted by atomic mass is 35.5. The van der Waals surface area contributed by atoms with Crippen molar-refractivity contribution >= 4 is 12.4 Å². The topological polar surface area (TPSA) is 45.0 Å². The van der Waals surface area contributed by atoms with Gasteiger partial charge in [-0.2, -0.15) is 5.26 Å². The molecular weight excluding hydrogens is 255 g/mol. The van der Waals surface area contributed by atoms with Crippen molar-refractivity contribution < 1.29 is 9.13 Å². The lowest BCUT2D eigenvalue weighted by Gasteiger charge is -2.22. The van der Waals surface area contributed by atoms with Gasteiger partial charge in [0.05, 0.1) is 6.61 Å². The fourth-order valence-electron chi connectivity index (χ4n) is 1.99. The maximum atomic E-state index is 13.3. The van der Waals surface area contributed by atoms with E-state index >= 15 is 0 Å². The molecule has 0 saturated carbocycles. The van der Waals surface area contributed by atoms with E-state index < -0.39 is 5.82 Å². The molecule has 1 heterocycles. The standard InChI is InChI=1S/C13H15FN2O.ClH/c14-12-2-1-3-13(11(12)8-15)17-9-10-4-6-16-7-5-10;/h1-3,10,16H,4-7,9H2;1H. The number of nitrogens with one attached hydrogen (secondary N) is 1. The van der Waals surface area contributed by atoms with E-state index in [4.69, 9.17) is 10.00 Å². The van der Waals surface area contributed by atoms with E-state index in [1.54, 1.807) is 12.1 Å². The van der Waals surface area contributed by atoms with E-state index in [-0.39, 0.29) is 18.0 Å². The number of piperidine rings is 1. The van der Waals surface area contributed by atoms with Gasteiger partial charge in [0.25, 0.3) is 0 Å². The van der Waals surface area contributed by atoms with Crippen molar-refractivity contribution in [3.8, 4) is 11.8 Å². The summed E-state index contributed by atoms with van der Waals surface area (Å²) in [7, 11) is 0. The highest BCUT2D eigenvalue weighted by Gasteiger charge is 2.15. The maximum Gasteiger partial charge on any atom is 0.144 e. The summed E-state index contributed by atoms with van der Waals surface area (Å²) in [6, 6.07) is 6.32. The molecule has 1 N–H and O–H groups in total. The number of nitriles is 1. The predicted octanol–water partition coefficient (Wildman–Crippen LogP) is 2.50. The van der Waals surface area contributed by atoms with E-state index in [9.17, 15) is 4.39 Å². The molecule has 0 atom stereocenters. The lowest BCUT2D eigenvalue weighted by molar-refractivity contribution is 0.214. The number of rotatable bonds is 3. The van der Waals surface area contributed by atoms with Gasteiger partial charge in [0.2, 0.25) is 0 Å². The zero-order valence-electron chi connectivity index (χ0n) is 9.99. The Balaban J connectivity index is 0.00000162. The molecule has 0 radical (unpaired) electrons. The van der Waals surface area contributed by atoms with Crippen LogP contribution in [0.3, 0.4) is 0 Å². The Bertz CT molecular complexity index is 427. The van der Waals surface area contributed by atoms with Crippen LogP contribution in [0.4, 0.5) is 4.39 Å².